The molecule has 0 saturated carbocycles. The van der Waals surface area contributed by atoms with Gasteiger partial charge >= 0.3 is 0 Å². The van der Waals surface area contributed by atoms with Crippen molar-refractivity contribution in [2.75, 3.05) is 476 Å². The molecule has 0 atom stereocenters. The van der Waals surface area contributed by atoms with Crippen LogP contribution >= 0.6 is 0 Å². The molecule has 38 nitrogen and oxygen atoms in total. The fourth-order valence-corrected chi connectivity index (χ4v) is 11.2. The second kappa shape index (κ2) is 126. The summed E-state index contributed by atoms with van der Waals surface area (Å²) in [5.74, 6) is 0.479. The van der Waals surface area contributed by atoms with Gasteiger partial charge in [0.05, 0.1) is 469 Å². The second-order valence-electron chi connectivity index (χ2n) is 29.8. The average molecular weight is 1940 g/mol. The highest BCUT2D eigenvalue weighted by Gasteiger charge is 2.08. The monoisotopic (exact) mass is 1940 g/mol. The Hall–Kier alpha value is -2.10. The molecule has 38 heteroatoms. The predicted molar refractivity (Wildman–Crippen MR) is 499 cm³/mol. The van der Waals surface area contributed by atoms with Gasteiger partial charge in [0.15, 0.2) is 0 Å². The Morgan fingerprint density at radius 1 is 0.113 bits per heavy atom. The van der Waals surface area contributed by atoms with E-state index in [4.69, 9.17) is 171 Å². The van der Waals surface area contributed by atoms with Crippen LogP contribution in [0.3, 0.4) is 0 Å². The first kappa shape index (κ1) is 131. The summed E-state index contributed by atoms with van der Waals surface area (Å²) in [6.07, 6.45) is 22.6. The fourth-order valence-electron chi connectivity index (χ4n) is 11.2. The maximum absolute atomic E-state index is 12.2. The maximum Gasteiger partial charge on any atom is 0.132 e. The number of hydrogen-bond donors (Lipinski definition) is 0. The largest absolute Gasteiger partial charge is 0.379 e. The molecule has 0 spiro atoms. The number of hydrogen-bond acceptors (Lipinski definition) is 38. The minimum Gasteiger partial charge on any atom is -0.379 e. The molecular formula is C95H188O38. The van der Waals surface area contributed by atoms with Crippen LogP contribution in [-0.4, -0.2) is 487 Å². The fraction of sp³-hybridized carbons (Fsp3) is 0.979. The summed E-state index contributed by atoms with van der Waals surface area (Å²) in [6, 6.07) is 0. The summed E-state index contributed by atoms with van der Waals surface area (Å²) in [7, 11) is 0. The van der Waals surface area contributed by atoms with Crippen molar-refractivity contribution in [2.45, 2.75) is 136 Å². The topological polar surface area (TPSA) is 366 Å². The highest BCUT2D eigenvalue weighted by atomic mass is 16.6. The first-order valence-electron chi connectivity index (χ1n) is 50.0. The lowest BCUT2D eigenvalue weighted by atomic mass is 10.0. The molecule has 0 amide bonds. The highest BCUT2D eigenvalue weighted by Crippen LogP contribution is 2.15. The summed E-state index contributed by atoms with van der Waals surface area (Å²) >= 11 is 0. The lowest BCUT2D eigenvalue weighted by Gasteiger charge is -2.09. The van der Waals surface area contributed by atoms with Gasteiger partial charge in [0.1, 0.15) is 11.6 Å². The molecular weight excluding hydrogens is 1750 g/mol. The van der Waals surface area contributed by atoms with E-state index in [1.807, 2.05) is 0 Å². The SMILES string of the molecule is CCCCCCCCCCCCCCCCCC(=O)CCCOCCOCCOCCOCCOCCOCCOCCOCCOCCOCCOCCOCCOCCOCCOCCOCCOCCOCCOCCOCCOCCOCCOCCOCCOCCOCCOCCOCCOCCOCCOCCOCCOCCOCCOCCOCCC(C)=O. The molecule has 796 valence electrons. The van der Waals surface area contributed by atoms with Crippen molar-refractivity contribution in [3.05, 3.63) is 0 Å². The van der Waals surface area contributed by atoms with Crippen molar-refractivity contribution in [1.82, 2.24) is 0 Å². The van der Waals surface area contributed by atoms with Gasteiger partial charge in [0.25, 0.3) is 0 Å². The highest BCUT2D eigenvalue weighted by molar-refractivity contribution is 5.78. The van der Waals surface area contributed by atoms with Crippen molar-refractivity contribution < 1.29 is 180 Å². The van der Waals surface area contributed by atoms with Crippen LogP contribution < -0.4 is 0 Å². The molecule has 0 bridgehead atoms. The zero-order valence-corrected chi connectivity index (χ0v) is 82.9. The Bertz CT molecular complexity index is 2040. The first-order valence-corrected chi connectivity index (χ1v) is 50.0. The number of unbranched alkanes of at least 4 members (excludes halogenated alkanes) is 14. The quantitative estimate of drug-likeness (QED) is 0.0518. The van der Waals surface area contributed by atoms with E-state index >= 15 is 0 Å². The number of carbonyl (C=O) groups excluding carboxylic acids is 2. The summed E-state index contributed by atoms with van der Waals surface area (Å²) in [6.45, 7) is 38.5. The van der Waals surface area contributed by atoms with E-state index in [9.17, 15) is 9.59 Å². The van der Waals surface area contributed by atoms with Crippen LogP contribution in [0.15, 0.2) is 0 Å². The Morgan fingerprint density at radius 2 is 0.211 bits per heavy atom. The third kappa shape index (κ3) is 128. The molecule has 0 N–H and O–H groups in total. The smallest absolute Gasteiger partial charge is 0.132 e. The lowest BCUT2D eigenvalue weighted by Crippen LogP contribution is -2.16. The van der Waals surface area contributed by atoms with Crippen LogP contribution in [-0.2, 0) is 180 Å². The average Bonchev–Trinajstić information content (AvgIpc) is 1.04. The summed E-state index contributed by atoms with van der Waals surface area (Å²) in [5.41, 5.74) is 0. The molecule has 0 radical (unpaired) electrons. The van der Waals surface area contributed by atoms with Gasteiger partial charge in [-0.1, -0.05) is 96.8 Å². The van der Waals surface area contributed by atoms with Gasteiger partial charge in [-0.3, -0.25) is 9.59 Å². The Labute approximate surface area is 799 Å². The maximum atomic E-state index is 12.2. The molecule has 0 aliphatic carbocycles. The molecule has 0 saturated heterocycles. The predicted octanol–water partition coefficient (Wildman–Crippen LogP) is 8.17. The van der Waals surface area contributed by atoms with Crippen molar-refractivity contribution in [2.24, 2.45) is 0 Å². The van der Waals surface area contributed by atoms with E-state index in [1.165, 1.54) is 89.9 Å². The van der Waals surface area contributed by atoms with Crippen LogP contribution in [0.2, 0.25) is 0 Å². The van der Waals surface area contributed by atoms with Gasteiger partial charge < -0.3 is 171 Å². The van der Waals surface area contributed by atoms with Crippen LogP contribution in [0.1, 0.15) is 136 Å². The van der Waals surface area contributed by atoms with Crippen LogP contribution in [0.25, 0.3) is 0 Å². The first-order chi connectivity index (χ1) is 66.2. The van der Waals surface area contributed by atoms with E-state index in [2.05, 4.69) is 6.92 Å². The molecule has 133 heavy (non-hydrogen) atoms. The zero-order valence-electron chi connectivity index (χ0n) is 82.9. The van der Waals surface area contributed by atoms with E-state index in [0.717, 1.165) is 12.8 Å². The van der Waals surface area contributed by atoms with E-state index < -0.39 is 0 Å². The number of ether oxygens (including phenoxy) is 36. The Morgan fingerprint density at radius 3 is 0.331 bits per heavy atom. The summed E-state index contributed by atoms with van der Waals surface area (Å²) in [4.78, 5) is 23.1. The lowest BCUT2D eigenvalue weighted by molar-refractivity contribution is -0.120. The van der Waals surface area contributed by atoms with Crippen molar-refractivity contribution >= 4 is 11.6 Å². The minimum atomic E-state index is 0.118. The van der Waals surface area contributed by atoms with Gasteiger partial charge in [-0.15, -0.1) is 0 Å². The van der Waals surface area contributed by atoms with Crippen LogP contribution in [0.4, 0.5) is 0 Å². The van der Waals surface area contributed by atoms with Gasteiger partial charge in [0, 0.05) is 25.9 Å². The standard InChI is InChI=1S/C95H188O38/c1-3-4-5-6-7-8-9-10-11-12-13-14-15-16-17-19-95(97)20-18-22-98-24-26-100-28-30-102-32-34-104-36-38-106-40-42-108-44-46-110-48-50-112-52-54-114-56-58-116-60-62-118-64-66-120-68-70-122-72-74-124-76-78-126-80-82-128-84-86-130-88-90-132-92-93-133-91-89-131-87-85-129-83-81-127-79-77-125-75-73-123-71-69-121-67-65-119-63-61-117-59-57-115-55-53-113-51-49-111-47-45-109-43-41-107-39-37-105-35-33-103-31-29-101-27-25-99-23-21-94(2)96/h3-93H2,1-2H3. The van der Waals surface area contributed by atoms with Crippen molar-refractivity contribution in [3.63, 3.8) is 0 Å². The number of ketones is 2. The minimum absolute atomic E-state index is 0.118. The van der Waals surface area contributed by atoms with Gasteiger partial charge in [-0.2, -0.15) is 0 Å². The van der Waals surface area contributed by atoms with Gasteiger partial charge in [-0.25, -0.2) is 0 Å². The molecule has 0 heterocycles. The molecule has 0 rings (SSSR count). The Kier molecular flexibility index (Phi) is 124. The molecule has 0 fully saturated rings. The molecule has 0 aromatic heterocycles. The van der Waals surface area contributed by atoms with Gasteiger partial charge in [-0.05, 0) is 19.8 Å². The number of rotatable bonds is 128. The zero-order chi connectivity index (χ0) is 95.0. The van der Waals surface area contributed by atoms with Crippen LogP contribution in [0.5, 0.6) is 0 Å². The number of Topliss-reactive ketones (excluding diaryl/α,β-unsaturated/α-hetero) is 2. The van der Waals surface area contributed by atoms with E-state index in [0.29, 0.717) is 501 Å². The molecule has 0 unspecified atom stereocenters. The third-order valence-corrected chi connectivity index (χ3v) is 18.4. The normalized spacial score (nSPS) is 11.8. The summed E-state index contributed by atoms with van der Waals surface area (Å²) in [5, 5.41) is 0. The van der Waals surface area contributed by atoms with Crippen LogP contribution in [0, 0.1) is 0 Å². The van der Waals surface area contributed by atoms with E-state index in [1.54, 1.807) is 6.92 Å². The third-order valence-electron chi connectivity index (χ3n) is 18.4. The molecule has 0 aliphatic heterocycles. The van der Waals surface area contributed by atoms with Gasteiger partial charge in [0.2, 0.25) is 0 Å². The Balaban J connectivity index is 3.12. The number of carbonyl (C=O) groups is 2. The van der Waals surface area contributed by atoms with E-state index in [-0.39, 0.29) is 5.78 Å². The van der Waals surface area contributed by atoms with Crippen molar-refractivity contribution in [3.8, 4) is 0 Å². The molecule has 0 aromatic rings. The van der Waals surface area contributed by atoms with Crippen molar-refractivity contribution in [1.29, 1.82) is 0 Å². The summed E-state index contributed by atoms with van der Waals surface area (Å²) < 4.78 is 199. The molecule has 0 aromatic carbocycles. The molecule has 0 aliphatic rings. The second-order valence-corrected chi connectivity index (χ2v) is 29.8.